The molecule has 29 heavy (non-hydrogen) atoms. The van der Waals surface area contributed by atoms with E-state index in [-0.39, 0.29) is 21.2 Å². The minimum absolute atomic E-state index is 0.0130. The van der Waals surface area contributed by atoms with Crippen molar-refractivity contribution in [1.82, 2.24) is 9.78 Å². The lowest BCUT2D eigenvalue weighted by Crippen LogP contribution is -2.12. The summed E-state index contributed by atoms with van der Waals surface area (Å²) in [4.78, 5) is 0. The van der Waals surface area contributed by atoms with Crippen LogP contribution in [0.2, 0.25) is 4.34 Å². The molecule has 0 aliphatic heterocycles. The Morgan fingerprint density at radius 3 is 2.72 bits per heavy atom. The molecule has 0 unspecified atom stereocenters. The predicted molar refractivity (Wildman–Crippen MR) is 112 cm³/mol. The monoisotopic (exact) mass is 444 g/mol. The van der Waals surface area contributed by atoms with Crippen LogP contribution in [0.5, 0.6) is 5.75 Å². The molecule has 0 aliphatic rings. The second kappa shape index (κ2) is 7.40. The van der Waals surface area contributed by atoms with Crippen molar-refractivity contribution in [1.29, 1.82) is 5.26 Å². The van der Waals surface area contributed by atoms with Crippen LogP contribution >= 0.6 is 22.9 Å². The van der Waals surface area contributed by atoms with E-state index in [4.69, 9.17) is 16.9 Å². The Labute approximate surface area is 175 Å². The Hall–Kier alpha value is -3.06. The second-order valence-corrected chi connectivity index (χ2v) is 9.78. The van der Waals surface area contributed by atoms with Gasteiger partial charge in [-0.15, -0.1) is 11.3 Å². The fourth-order valence-electron chi connectivity index (χ4n) is 2.93. The van der Waals surface area contributed by atoms with E-state index in [2.05, 4.69) is 15.9 Å². The van der Waals surface area contributed by atoms with E-state index in [1.54, 1.807) is 35.0 Å². The Morgan fingerprint density at radius 2 is 2.00 bits per heavy atom. The number of hydrogen-bond acceptors (Lipinski definition) is 6. The summed E-state index contributed by atoms with van der Waals surface area (Å²) in [5.74, 6) is -0.0829. The minimum Gasteiger partial charge on any atom is -0.507 e. The molecule has 2 aromatic carbocycles. The molecule has 2 heterocycles. The quantitative estimate of drug-likeness (QED) is 0.480. The van der Waals surface area contributed by atoms with Crippen molar-refractivity contribution in [3.05, 3.63) is 70.1 Å². The van der Waals surface area contributed by atoms with Gasteiger partial charge in [-0.05, 0) is 42.0 Å². The van der Waals surface area contributed by atoms with Crippen molar-refractivity contribution in [2.45, 2.75) is 10.8 Å². The molecule has 4 aromatic rings. The van der Waals surface area contributed by atoms with Gasteiger partial charge in [0.2, 0.25) is 0 Å². The van der Waals surface area contributed by atoms with Crippen LogP contribution in [0.3, 0.4) is 0 Å². The molecule has 10 heteroatoms. The number of benzene rings is 2. The van der Waals surface area contributed by atoms with Gasteiger partial charge in [0.05, 0.1) is 33.4 Å². The zero-order valence-corrected chi connectivity index (χ0v) is 17.1. The Balaban J connectivity index is 1.78. The van der Waals surface area contributed by atoms with Crippen LogP contribution in [0.25, 0.3) is 10.9 Å². The van der Waals surface area contributed by atoms with E-state index in [0.717, 1.165) is 16.9 Å². The standard InChI is InChI=1S/C19H13ClN4O3S2/c20-16-7-8-17(28-16)29(26,27)23-19-18-14(5-2-6-15(18)25)24(22-19)11-13-4-1-3-12(9-13)10-21/h1-9,25H,11H2,(H,22,23). The van der Waals surface area contributed by atoms with Crippen molar-refractivity contribution in [2.75, 3.05) is 4.72 Å². The molecule has 0 bridgehead atoms. The fourth-order valence-corrected chi connectivity index (χ4v) is 5.43. The number of fused-ring (bicyclic) bond motifs is 1. The van der Waals surface area contributed by atoms with E-state index in [0.29, 0.717) is 22.0 Å². The highest BCUT2D eigenvalue weighted by atomic mass is 35.5. The number of aromatic nitrogens is 2. The van der Waals surface area contributed by atoms with Crippen LogP contribution in [0.4, 0.5) is 5.82 Å². The average molecular weight is 445 g/mol. The van der Waals surface area contributed by atoms with Gasteiger partial charge in [-0.3, -0.25) is 9.40 Å². The summed E-state index contributed by atoms with van der Waals surface area (Å²) in [6.07, 6.45) is 0. The highest BCUT2D eigenvalue weighted by molar-refractivity contribution is 7.94. The molecule has 4 rings (SSSR count). The Morgan fingerprint density at radius 1 is 1.21 bits per heavy atom. The zero-order valence-electron chi connectivity index (χ0n) is 14.7. The lowest BCUT2D eigenvalue weighted by atomic mass is 10.1. The molecule has 0 amide bonds. The summed E-state index contributed by atoms with van der Waals surface area (Å²) in [7, 11) is -3.92. The molecular weight excluding hydrogens is 432 g/mol. The number of rotatable bonds is 5. The Bertz CT molecular complexity index is 1370. The summed E-state index contributed by atoms with van der Waals surface area (Å²) >= 11 is 6.78. The van der Waals surface area contributed by atoms with Gasteiger partial charge in [0, 0.05) is 0 Å². The highest BCUT2D eigenvalue weighted by Gasteiger charge is 2.22. The Kier molecular flexibility index (Phi) is 4.92. The number of anilines is 1. The molecule has 0 fully saturated rings. The van der Waals surface area contributed by atoms with Crippen LogP contribution < -0.4 is 4.72 Å². The molecular formula is C19H13ClN4O3S2. The molecule has 0 aliphatic carbocycles. The molecule has 2 N–H and O–H groups in total. The maximum Gasteiger partial charge on any atom is 0.272 e. The van der Waals surface area contributed by atoms with Gasteiger partial charge < -0.3 is 5.11 Å². The number of nitrogens with one attached hydrogen (secondary N) is 1. The number of aromatic hydroxyl groups is 1. The van der Waals surface area contributed by atoms with Crippen LogP contribution in [0.1, 0.15) is 11.1 Å². The number of nitrogens with zero attached hydrogens (tertiary/aromatic N) is 3. The van der Waals surface area contributed by atoms with Gasteiger partial charge in [-0.2, -0.15) is 10.4 Å². The van der Waals surface area contributed by atoms with E-state index in [1.807, 2.05) is 6.07 Å². The van der Waals surface area contributed by atoms with Gasteiger partial charge in [-0.25, -0.2) is 8.42 Å². The number of phenols is 1. The minimum atomic E-state index is -3.92. The third-order valence-electron chi connectivity index (χ3n) is 4.19. The summed E-state index contributed by atoms with van der Waals surface area (Å²) in [5, 5.41) is 24.1. The van der Waals surface area contributed by atoms with Gasteiger partial charge in [0.15, 0.2) is 5.82 Å². The average Bonchev–Trinajstić information content (AvgIpc) is 3.27. The highest BCUT2D eigenvalue weighted by Crippen LogP contribution is 2.34. The first-order valence-electron chi connectivity index (χ1n) is 8.33. The third-order valence-corrected chi connectivity index (χ3v) is 7.25. The zero-order chi connectivity index (χ0) is 20.6. The molecule has 0 saturated carbocycles. The third kappa shape index (κ3) is 3.78. The van der Waals surface area contributed by atoms with Gasteiger partial charge in [0.1, 0.15) is 9.96 Å². The number of phenolic OH excluding ortho intramolecular Hbond substituents is 1. The summed E-state index contributed by atoms with van der Waals surface area (Å²) in [6, 6.07) is 16.9. The van der Waals surface area contributed by atoms with E-state index < -0.39 is 10.0 Å². The number of nitriles is 1. The maximum absolute atomic E-state index is 12.7. The van der Waals surface area contributed by atoms with E-state index in [9.17, 15) is 13.5 Å². The largest absolute Gasteiger partial charge is 0.507 e. The van der Waals surface area contributed by atoms with Gasteiger partial charge in [0.25, 0.3) is 10.0 Å². The van der Waals surface area contributed by atoms with Crippen molar-refractivity contribution in [2.24, 2.45) is 0 Å². The van der Waals surface area contributed by atoms with Crippen molar-refractivity contribution in [3.8, 4) is 11.8 Å². The summed E-state index contributed by atoms with van der Waals surface area (Å²) < 4.78 is 29.8. The number of sulfonamides is 1. The molecule has 2 aromatic heterocycles. The predicted octanol–water partition coefficient (Wildman–Crippen LogP) is 4.18. The second-order valence-electron chi connectivity index (χ2n) is 6.15. The van der Waals surface area contributed by atoms with Crippen LogP contribution in [-0.4, -0.2) is 23.3 Å². The molecule has 0 atom stereocenters. The van der Waals surface area contributed by atoms with Gasteiger partial charge >= 0.3 is 0 Å². The maximum atomic E-state index is 12.7. The smallest absolute Gasteiger partial charge is 0.272 e. The van der Waals surface area contributed by atoms with Crippen molar-refractivity contribution in [3.63, 3.8) is 0 Å². The molecule has 0 spiro atoms. The first-order valence-corrected chi connectivity index (χ1v) is 11.0. The van der Waals surface area contributed by atoms with Crippen LogP contribution in [0, 0.1) is 11.3 Å². The van der Waals surface area contributed by atoms with E-state index in [1.165, 1.54) is 18.2 Å². The fraction of sp³-hybridized carbons (Fsp3) is 0.0526. The first-order chi connectivity index (χ1) is 13.9. The first kappa shape index (κ1) is 19.3. The topological polar surface area (TPSA) is 108 Å². The normalized spacial score (nSPS) is 11.4. The SMILES string of the molecule is N#Cc1cccc(Cn2nc(NS(=O)(=O)c3ccc(Cl)s3)c3c(O)cccc32)c1. The lowest BCUT2D eigenvalue weighted by Gasteiger charge is -2.04. The summed E-state index contributed by atoms with van der Waals surface area (Å²) in [6.45, 7) is 0.294. The van der Waals surface area contributed by atoms with Gasteiger partial charge in [-0.1, -0.05) is 29.8 Å². The molecule has 0 radical (unpaired) electrons. The number of halogens is 1. The molecule has 146 valence electrons. The number of hydrogen-bond donors (Lipinski definition) is 2. The summed E-state index contributed by atoms with van der Waals surface area (Å²) in [5.41, 5.74) is 1.88. The van der Waals surface area contributed by atoms with E-state index >= 15 is 0 Å². The van der Waals surface area contributed by atoms with Crippen molar-refractivity contribution < 1.29 is 13.5 Å². The lowest BCUT2D eigenvalue weighted by molar-refractivity contribution is 0.482. The molecule has 7 nitrogen and oxygen atoms in total. The van der Waals surface area contributed by atoms with Crippen LogP contribution in [0.15, 0.2) is 58.8 Å². The van der Waals surface area contributed by atoms with Crippen LogP contribution in [-0.2, 0) is 16.6 Å². The number of thiophene rings is 1. The van der Waals surface area contributed by atoms with Crippen molar-refractivity contribution >= 4 is 49.7 Å². The molecule has 0 saturated heterocycles.